The van der Waals surface area contributed by atoms with Crippen LogP contribution in [0.25, 0.3) is 0 Å². The van der Waals surface area contributed by atoms with Gasteiger partial charge in [-0.2, -0.15) is 13.2 Å². The maximum absolute atomic E-state index is 13.4. The molecule has 0 saturated heterocycles. The summed E-state index contributed by atoms with van der Waals surface area (Å²) in [5, 5.41) is 0. The highest BCUT2D eigenvalue weighted by Gasteiger charge is 2.33. The zero-order valence-corrected chi connectivity index (χ0v) is 22.4. The first-order chi connectivity index (χ1) is 15.1. The molecule has 0 spiro atoms. The molecule has 0 radical (unpaired) electrons. The lowest BCUT2D eigenvalue weighted by Crippen LogP contribution is -3.00. The van der Waals surface area contributed by atoms with Crippen LogP contribution in [0.3, 0.4) is 0 Å². The Morgan fingerprint density at radius 3 is 2.27 bits per heavy atom. The number of rotatable bonds is 6. The van der Waals surface area contributed by atoms with Crippen molar-refractivity contribution in [3.63, 3.8) is 0 Å². The summed E-state index contributed by atoms with van der Waals surface area (Å²) in [6.07, 6.45) is -3.50. The van der Waals surface area contributed by atoms with Gasteiger partial charge in [-0.25, -0.2) is 0 Å². The minimum absolute atomic E-state index is 0. The van der Waals surface area contributed by atoms with Crippen LogP contribution in [0.4, 0.5) is 24.5 Å². The summed E-state index contributed by atoms with van der Waals surface area (Å²) in [5.74, 6) is 0. The highest BCUT2D eigenvalue weighted by molar-refractivity contribution is 9.10. The number of alkyl halides is 3. The molecule has 0 aromatic heterocycles. The fourth-order valence-electron chi connectivity index (χ4n) is 4.07. The predicted molar refractivity (Wildman–Crippen MR) is 128 cm³/mol. The van der Waals surface area contributed by atoms with Crippen molar-refractivity contribution >= 4 is 39.1 Å². The van der Waals surface area contributed by atoms with Gasteiger partial charge in [0.15, 0.2) is 0 Å². The maximum atomic E-state index is 13.4. The number of anilines is 2. The molecule has 0 saturated carbocycles. The number of quaternary nitrogens is 1. The maximum Gasteiger partial charge on any atom is 0.416 e. The average Bonchev–Trinajstić information content (AvgIpc) is 2.73. The highest BCUT2D eigenvalue weighted by atomic mass is 79.9. The quantitative estimate of drug-likeness (QED) is 0.376. The summed E-state index contributed by atoms with van der Waals surface area (Å²) in [6, 6.07) is 20.3. The van der Waals surface area contributed by atoms with Crippen LogP contribution < -0.4 is 21.9 Å². The second-order valence-corrected chi connectivity index (χ2v) is 10.7. The van der Waals surface area contributed by atoms with Gasteiger partial charge in [0.1, 0.15) is 6.54 Å². The van der Waals surface area contributed by atoms with E-state index in [9.17, 15) is 13.2 Å². The molecule has 176 valence electrons. The molecule has 0 atom stereocenters. The molecule has 0 aliphatic carbocycles. The van der Waals surface area contributed by atoms with Crippen molar-refractivity contribution in [2.75, 3.05) is 32.1 Å². The Hall–Kier alpha value is -1.48. The van der Waals surface area contributed by atoms with Gasteiger partial charge in [0.25, 0.3) is 0 Å². The first kappa shape index (κ1) is 26.1. The molecule has 1 aliphatic rings. The number of hydrogen-bond acceptors (Lipinski definition) is 2. The molecule has 4 rings (SSSR count). The Morgan fingerprint density at radius 2 is 1.58 bits per heavy atom. The van der Waals surface area contributed by atoms with Gasteiger partial charge in [-0.05, 0) is 42.5 Å². The summed E-state index contributed by atoms with van der Waals surface area (Å²) in [6.45, 7) is 2.47. The van der Waals surface area contributed by atoms with Crippen molar-refractivity contribution in [1.29, 1.82) is 0 Å². The Labute approximate surface area is 216 Å². The molecular formula is C25H25Br2F3N2S. The topological polar surface area (TPSA) is 3.24 Å². The fourth-order valence-corrected chi connectivity index (χ4v) is 5.41. The van der Waals surface area contributed by atoms with E-state index in [1.807, 2.05) is 36.4 Å². The van der Waals surface area contributed by atoms with Crippen LogP contribution in [0.5, 0.6) is 0 Å². The molecule has 1 aliphatic heterocycles. The predicted octanol–water partition coefficient (Wildman–Crippen LogP) is 4.74. The van der Waals surface area contributed by atoms with Gasteiger partial charge in [-0.1, -0.05) is 52.0 Å². The molecule has 0 amide bonds. The van der Waals surface area contributed by atoms with Crippen molar-refractivity contribution in [2.45, 2.75) is 28.9 Å². The van der Waals surface area contributed by atoms with Crippen LogP contribution >= 0.6 is 27.7 Å². The van der Waals surface area contributed by atoms with Crippen LogP contribution in [-0.2, 0) is 12.7 Å². The third kappa shape index (κ3) is 6.35. The standard InChI is InChI=1S/C25H25BrF3N2S.BrH/c1-31(2,17-18-8-11-20(26)12-9-18)15-5-14-30-21-6-3-4-7-23(21)32-24-13-10-19(16-22(24)30)25(27,28)29;/h3-4,6-13,16H,5,14-15,17H2,1-2H3;1H/q+1;/p-1. The zero-order chi connectivity index (χ0) is 22.9. The number of halogens is 5. The summed E-state index contributed by atoms with van der Waals surface area (Å²) in [4.78, 5) is 3.99. The van der Waals surface area contributed by atoms with E-state index >= 15 is 0 Å². The number of fused-ring (bicyclic) bond motifs is 2. The number of para-hydroxylation sites is 1. The minimum atomic E-state index is -4.36. The fraction of sp³-hybridized carbons (Fsp3) is 0.280. The lowest BCUT2D eigenvalue weighted by molar-refractivity contribution is -0.903. The molecule has 3 aromatic carbocycles. The smallest absolute Gasteiger partial charge is 0.416 e. The Morgan fingerprint density at radius 1 is 0.909 bits per heavy atom. The van der Waals surface area contributed by atoms with Crippen molar-refractivity contribution in [3.05, 3.63) is 82.3 Å². The molecule has 0 fully saturated rings. The van der Waals surface area contributed by atoms with Gasteiger partial charge >= 0.3 is 6.18 Å². The molecule has 0 N–H and O–H groups in total. The normalized spacial score (nSPS) is 13.2. The van der Waals surface area contributed by atoms with Gasteiger partial charge in [0.05, 0.1) is 37.6 Å². The van der Waals surface area contributed by atoms with Gasteiger partial charge in [-0.15, -0.1) is 0 Å². The summed E-state index contributed by atoms with van der Waals surface area (Å²) < 4.78 is 42.0. The summed E-state index contributed by atoms with van der Waals surface area (Å²) in [5.41, 5.74) is 2.27. The van der Waals surface area contributed by atoms with Gasteiger partial charge in [0.2, 0.25) is 0 Å². The van der Waals surface area contributed by atoms with E-state index in [0.29, 0.717) is 12.2 Å². The van der Waals surface area contributed by atoms with Crippen molar-refractivity contribution < 1.29 is 34.6 Å². The van der Waals surface area contributed by atoms with Crippen LogP contribution in [-0.4, -0.2) is 31.7 Å². The largest absolute Gasteiger partial charge is 1.00 e. The van der Waals surface area contributed by atoms with E-state index in [2.05, 4.69) is 47.1 Å². The molecule has 0 bridgehead atoms. The van der Waals surface area contributed by atoms with E-state index in [4.69, 9.17) is 0 Å². The molecule has 2 nitrogen and oxygen atoms in total. The van der Waals surface area contributed by atoms with Crippen LogP contribution in [0.2, 0.25) is 0 Å². The molecule has 33 heavy (non-hydrogen) atoms. The number of nitrogens with zero attached hydrogens (tertiary/aromatic N) is 2. The van der Waals surface area contributed by atoms with E-state index in [1.54, 1.807) is 6.07 Å². The molecule has 1 heterocycles. The van der Waals surface area contributed by atoms with Crippen molar-refractivity contribution in [1.82, 2.24) is 0 Å². The second-order valence-electron chi connectivity index (χ2n) is 8.70. The molecular weight excluding hydrogens is 577 g/mol. The highest BCUT2D eigenvalue weighted by Crippen LogP contribution is 2.49. The molecule has 3 aromatic rings. The second kappa shape index (κ2) is 10.4. The number of benzene rings is 3. The van der Waals surface area contributed by atoms with Crippen LogP contribution in [0.1, 0.15) is 17.5 Å². The van der Waals surface area contributed by atoms with E-state index < -0.39 is 11.7 Å². The van der Waals surface area contributed by atoms with Gasteiger partial charge in [-0.3, -0.25) is 0 Å². The minimum Gasteiger partial charge on any atom is -1.00 e. The monoisotopic (exact) mass is 600 g/mol. The summed E-state index contributed by atoms with van der Waals surface area (Å²) in [7, 11) is 4.38. The third-order valence-electron chi connectivity index (χ3n) is 5.62. The van der Waals surface area contributed by atoms with E-state index in [0.717, 1.165) is 43.9 Å². The first-order valence-electron chi connectivity index (χ1n) is 10.4. The Balaban J connectivity index is 0.00000306. The van der Waals surface area contributed by atoms with E-state index in [-0.39, 0.29) is 17.0 Å². The van der Waals surface area contributed by atoms with Crippen molar-refractivity contribution in [2.24, 2.45) is 0 Å². The molecule has 0 unspecified atom stereocenters. The lowest BCUT2D eigenvalue weighted by Gasteiger charge is -2.35. The number of hydrogen-bond donors (Lipinski definition) is 0. The Kier molecular flexibility index (Phi) is 8.25. The van der Waals surface area contributed by atoms with Crippen LogP contribution in [0, 0.1) is 0 Å². The summed E-state index contributed by atoms with van der Waals surface area (Å²) >= 11 is 5.00. The van der Waals surface area contributed by atoms with Gasteiger partial charge in [0, 0.05) is 32.8 Å². The SMILES string of the molecule is C[N+](C)(CCCN1c2ccccc2Sc2ccc(C(F)(F)F)cc21)Cc1ccc(Br)cc1.[Br-]. The third-order valence-corrected chi connectivity index (χ3v) is 7.28. The Bertz CT molecular complexity index is 1100. The van der Waals surface area contributed by atoms with Gasteiger partial charge < -0.3 is 26.4 Å². The van der Waals surface area contributed by atoms with Crippen LogP contribution in [0.15, 0.2) is 81.0 Å². The average molecular weight is 602 g/mol. The van der Waals surface area contributed by atoms with Crippen molar-refractivity contribution in [3.8, 4) is 0 Å². The van der Waals surface area contributed by atoms with E-state index in [1.165, 1.54) is 29.5 Å². The zero-order valence-electron chi connectivity index (χ0n) is 18.4. The molecule has 8 heteroatoms. The first-order valence-corrected chi connectivity index (χ1v) is 12.1. The lowest BCUT2D eigenvalue weighted by atomic mass is 10.1.